The van der Waals surface area contributed by atoms with Crippen LogP contribution in [0.25, 0.3) is 5.69 Å². The van der Waals surface area contributed by atoms with Gasteiger partial charge in [-0.3, -0.25) is 14.3 Å². The third-order valence-corrected chi connectivity index (χ3v) is 3.18. The molecule has 1 aromatic carbocycles. The second-order valence-corrected chi connectivity index (χ2v) is 4.36. The van der Waals surface area contributed by atoms with Crippen molar-refractivity contribution in [1.82, 2.24) is 14.9 Å². The molecule has 92 valence electrons. The van der Waals surface area contributed by atoms with Crippen LogP contribution in [0.1, 0.15) is 11.1 Å². The summed E-state index contributed by atoms with van der Waals surface area (Å²) in [5.74, 6) is 0. The van der Waals surface area contributed by atoms with Crippen molar-refractivity contribution in [2.45, 2.75) is 13.0 Å². The molecule has 1 aliphatic heterocycles. The molecule has 2 heterocycles. The molecule has 5 nitrogen and oxygen atoms in total. The zero-order chi connectivity index (χ0) is 12.5. The smallest absolute Gasteiger partial charge is 0.312 e. The first-order valence-electron chi connectivity index (χ1n) is 5.89. The third-order valence-electron chi connectivity index (χ3n) is 3.18. The summed E-state index contributed by atoms with van der Waals surface area (Å²) in [6.45, 7) is 1.83. The van der Waals surface area contributed by atoms with Crippen LogP contribution in [0.3, 0.4) is 0 Å². The summed E-state index contributed by atoms with van der Waals surface area (Å²) in [6, 6.07) is 7.28. The van der Waals surface area contributed by atoms with E-state index < -0.39 is 5.69 Å². The Kier molecular flexibility index (Phi) is 2.60. The van der Waals surface area contributed by atoms with Crippen LogP contribution in [0.15, 0.2) is 40.1 Å². The quantitative estimate of drug-likeness (QED) is 0.750. The van der Waals surface area contributed by atoms with Crippen molar-refractivity contribution in [3.05, 3.63) is 62.4 Å². The third kappa shape index (κ3) is 1.89. The van der Waals surface area contributed by atoms with Crippen molar-refractivity contribution in [1.29, 1.82) is 0 Å². The van der Waals surface area contributed by atoms with Crippen LogP contribution < -0.4 is 16.6 Å². The lowest BCUT2D eigenvalue weighted by Crippen LogP contribution is -2.28. The standard InChI is InChI=1S/C13H13N3O2/c17-12-4-6-16(13(18)15-12)11-2-1-10-8-14-5-3-9(10)7-11/h1-2,4,6-7,14H,3,5,8H2,(H,15,17,18). The lowest BCUT2D eigenvalue weighted by molar-refractivity contribution is 0.643. The molecule has 3 rings (SSSR count). The normalized spacial score (nSPS) is 14.2. The summed E-state index contributed by atoms with van der Waals surface area (Å²) >= 11 is 0. The van der Waals surface area contributed by atoms with E-state index in [1.54, 1.807) is 0 Å². The molecule has 0 fully saturated rings. The summed E-state index contributed by atoms with van der Waals surface area (Å²) in [7, 11) is 0. The number of fused-ring (bicyclic) bond motifs is 1. The molecule has 0 radical (unpaired) electrons. The maximum atomic E-state index is 11.7. The van der Waals surface area contributed by atoms with E-state index in [1.807, 2.05) is 18.2 Å². The predicted octanol–water partition coefficient (Wildman–Crippen LogP) is 0.172. The van der Waals surface area contributed by atoms with Gasteiger partial charge in [0, 0.05) is 18.8 Å². The van der Waals surface area contributed by atoms with E-state index in [-0.39, 0.29) is 5.56 Å². The Balaban J connectivity index is 2.12. The van der Waals surface area contributed by atoms with E-state index in [0.29, 0.717) is 0 Å². The second-order valence-electron chi connectivity index (χ2n) is 4.36. The van der Waals surface area contributed by atoms with Gasteiger partial charge >= 0.3 is 5.69 Å². The highest BCUT2D eigenvalue weighted by Crippen LogP contribution is 2.17. The van der Waals surface area contributed by atoms with Crippen molar-refractivity contribution in [3.8, 4) is 5.69 Å². The van der Waals surface area contributed by atoms with Gasteiger partial charge in [0.25, 0.3) is 5.56 Å². The molecule has 18 heavy (non-hydrogen) atoms. The molecule has 1 aromatic heterocycles. The van der Waals surface area contributed by atoms with Crippen LogP contribution >= 0.6 is 0 Å². The molecule has 0 bridgehead atoms. The molecule has 0 amide bonds. The van der Waals surface area contributed by atoms with Gasteiger partial charge in [-0.05, 0) is 36.2 Å². The fourth-order valence-corrected chi connectivity index (χ4v) is 2.23. The molecule has 1 aliphatic rings. The number of nitrogens with zero attached hydrogens (tertiary/aromatic N) is 1. The molecule has 0 atom stereocenters. The average Bonchev–Trinajstić information content (AvgIpc) is 2.38. The number of H-pyrrole nitrogens is 1. The summed E-state index contributed by atoms with van der Waals surface area (Å²) in [4.78, 5) is 25.0. The topological polar surface area (TPSA) is 66.9 Å². The Morgan fingerprint density at radius 2 is 2.00 bits per heavy atom. The molecular formula is C13H13N3O2. The van der Waals surface area contributed by atoms with Gasteiger partial charge in [-0.15, -0.1) is 0 Å². The number of hydrogen-bond donors (Lipinski definition) is 2. The summed E-state index contributed by atoms with van der Waals surface area (Å²) in [5.41, 5.74) is 2.53. The lowest BCUT2D eigenvalue weighted by Gasteiger charge is -2.18. The Bertz CT molecular complexity index is 700. The fourth-order valence-electron chi connectivity index (χ4n) is 2.23. The molecule has 5 heteroatoms. The van der Waals surface area contributed by atoms with Crippen LogP contribution in [0.2, 0.25) is 0 Å². The van der Waals surface area contributed by atoms with Crippen molar-refractivity contribution >= 4 is 0 Å². The largest absolute Gasteiger partial charge is 0.332 e. The van der Waals surface area contributed by atoms with Crippen molar-refractivity contribution < 1.29 is 0 Å². The highest BCUT2D eigenvalue weighted by molar-refractivity contribution is 5.41. The maximum Gasteiger partial charge on any atom is 0.332 e. The molecule has 2 N–H and O–H groups in total. The van der Waals surface area contributed by atoms with Crippen molar-refractivity contribution in [2.24, 2.45) is 0 Å². The molecule has 0 aliphatic carbocycles. The number of rotatable bonds is 1. The van der Waals surface area contributed by atoms with Crippen molar-refractivity contribution in [3.63, 3.8) is 0 Å². The number of hydrogen-bond acceptors (Lipinski definition) is 3. The Morgan fingerprint density at radius 3 is 2.83 bits per heavy atom. The number of benzene rings is 1. The Hall–Kier alpha value is -2.14. The minimum atomic E-state index is -0.406. The minimum Gasteiger partial charge on any atom is -0.312 e. The molecule has 2 aromatic rings. The zero-order valence-corrected chi connectivity index (χ0v) is 9.77. The van der Waals surface area contributed by atoms with Gasteiger partial charge in [0.15, 0.2) is 0 Å². The van der Waals surface area contributed by atoms with Gasteiger partial charge in [-0.2, -0.15) is 0 Å². The fraction of sp³-hybridized carbons (Fsp3) is 0.231. The zero-order valence-electron chi connectivity index (χ0n) is 9.77. The first-order valence-corrected chi connectivity index (χ1v) is 5.89. The van der Waals surface area contributed by atoms with Gasteiger partial charge in [-0.1, -0.05) is 6.07 Å². The van der Waals surface area contributed by atoms with E-state index in [1.165, 1.54) is 28.0 Å². The molecule has 0 saturated heterocycles. The van der Waals surface area contributed by atoms with Gasteiger partial charge in [0.2, 0.25) is 0 Å². The predicted molar refractivity (Wildman–Crippen MR) is 68.1 cm³/mol. The van der Waals surface area contributed by atoms with Crippen LogP contribution in [-0.2, 0) is 13.0 Å². The van der Waals surface area contributed by atoms with Gasteiger partial charge in [0.05, 0.1) is 5.69 Å². The Labute approximate surface area is 103 Å². The van der Waals surface area contributed by atoms with E-state index in [0.717, 1.165) is 25.2 Å². The lowest BCUT2D eigenvalue weighted by atomic mass is 10.0. The SMILES string of the molecule is O=c1ccn(-c2ccc3c(c2)CCNC3)c(=O)[nH]1. The Morgan fingerprint density at radius 1 is 1.11 bits per heavy atom. The molecular weight excluding hydrogens is 230 g/mol. The molecule has 0 spiro atoms. The van der Waals surface area contributed by atoms with Crippen molar-refractivity contribution in [2.75, 3.05) is 6.54 Å². The minimum absolute atomic E-state index is 0.376. The van der Waals surface area contributed by atoms with E-state index in [4.69, 9.17) is 0 Å². The van der Waals surface area contributed by atoms with Gasteiger partial charge in [-0.25, -0.2) is 4.79 Å². The second kappa shape index (κ2) is 4.27. The number of aromatic amines is 1. The van der Waals surface area contributed by atoms with Crippen LogP contribution in [0.5, 0.6) is 0 Å². The first kappa shape index (κ1) is 11.0. The summed E-state index contributed by atoms with van der Waals surface area (Å²) in [5, 5.41) is 3.30. The highest BCUT2D eigenvalue weighted by Gasteiger charge is 2.10. The number of nitrogens with one attached hydrogen (secondary N) is 2. The first-order chi connectivity index (χ1) is 8.74. The van der Waals surface area contributed by atoms with Crippen LogP contribution in [0, 0.1) is 0 Å². The van der Waals surface area contributed by atoms with Crippen LogP contribution in [0.4, 0.5) is 0 Å². The summed E-state index contributed by atoms with van der Waals surface area (Å²) < 4.78 is 1.45. The van der Waals surface area contributed by atoms with Gasteiger partial charge in [0.1, 0.15) is 0 Å². The van der Waals surface area contributed by atoms with E-state index in [9.17, 15) is 9.59 Å². The van der Waals surface area contributed by atoms with Gasteiger partial charge < -0.3 is 5.32 Å². The highest BCUT2D eigenvalue weighted by atomic mass is 16.2. The summed E-state index contributed by atoms with van der Waals surface area (Å²) in [6.07, 6.45) is 2.46. The average molecular weight is 243 g/mol. The maximum absolute atomic E-state index is 11.7. The van der Waals surface area contributed by atoms with Crippen LogP contribution in [-0.4, -0.2) is 16.1 Å². The number of aromatic nitrogens is 2. The van der Waals surface area contributed by atoms with E-state index in [2.05, 4.69) is 10.3 Å². The molecule has 0 unspecified atom stereocenters. The monoisotopic (exact) mass is 243 g/mol. The van der Waals surface area contributed by atoms with E-state index >= 15 is 0 Å². The molecule has 0 saturated carbocycles.